The lowest BCUT2D eigenvalue weighted by molar-refractivity contribution is -0.154. The Bertz CT molecular complexity index is 1010. The van der Waals surface area contributed by atoms with Gasteiger partial charge in [0.1, 0.15) is 5.56 Å². The number of aromatic nitrogens is 1. The Kier molecular flexibility index (Phi) is 6.93. The summed E-state index contributed by atoms with van der Waals surface area (Å²) in [6.45, 7) is 0.650. The summed E-state index contributed by atoms with van der Waals surface area (Å²) in [5, 5.41) is 0. The van der Waals surface area contributed by atoms with Crippen LogP contribution >= 0.6 is 0 Å². The number of alkyl halides is 3. The Morgan fingerprint density at radius 1 is 0.879 bits per heavy atom. The number of rotatable bonds is 6. The second kappa shape index (κ2) is 10.0. The van der Waals surface area contributed by atoms with Crippen LogP contribution in [0.25, 0.3) is 0 Å². The molecular formula is C25H24F3N3O2. The van der Waals surface area contributed by atoms with Crippen LogP contribution in [0.4, 0.5) is 13.2 Å². The van der Waals surface area contributed by atoms with E-state index in [2.05, 4.69) is 34.1 Å². The second-order valence-corrected chi connectivity index (χ2v) is 7.81. The Labute approximate surface area is 190 Å². The molecule has 5 nitrogen and oxygen atoms in total. The van der Waals surface area contributed by atoms with E-state index >= 15 is 0 Å². The van der Waals surface area contributed by atoms with E-state index in [0.717, 1.165) is 0 Å². The predicted octanol–water partition coefficient (Wildman–Crippen LogP) is 4.57. The zero-order valence-electron chi connectivity index (χ0n) is 17.9. The number of ether oxygens (including phenoxy) is 1. The molecule has 1 aliphatic heterocycles. The van der Waals surface area contributed by atoms with Crippen molar-refractivity contribution in [2.45, 2.75) is 12.2 Å². The maximum absolute atomic E-state index is 13.1. The first-order chi connectivity index (χ1) is 15.9. The Hall–Kier alpha value is -3.39. The summed E-state index contributed by atoms with van der Waals surface area (Å²) in [5.41, 5.74) is 2.37. The van der Waals surface area contributed by atoms with Gasteiger partial charge in [-0.15, -0.1) is 0 Å². The average Bonchev–Trinajstić information content (AvgIpc) is 2.84. The molecule has 0 aliphatic carbocycles. The van der Waals surface area contributed by atoms with Crippen LogP contribution in [-0.2, 0) is 0 Å². The highest BCUT2D eigenvalue weighted by atomic mass is 19.4. The van der Waals surface area contributed by atoms with Crippen LogP contribution in [0, 0.1) is 0 Å². The van der Waals surface area contributed by atoms with Crippen molar-refractivity contribution in [3.63, 3.8) is 0 Å². The Balaban J connectivity index is 1.48. The van der Waals surface area contributed by atoms with Gasteiger partial charge in [0, 0.05) is 32.4 Å². The molecule has 0 atom stereocenters. The molecular weight excluding hydrogens is 431 g/mol. The topological polar surface area (TPSA) is 45.7 Å². The standard InChI is InChI=1S/C25H24F3N3O2/c26-25(27,28)18-33-23-21(12-7-13-29-23)24(32)31-16-14-30(15-17-31)22(19-8-3-1-4-9-19)20-10-5-2-6-11-20/h1-13,22H,14-18H2. The third kappa shape index (κ3) is 5.70. The minimum Gasteiger partial charge on any atom is -0.467 e. The van der Waals surface area contributed by atoms with Crippen LogP contribution in [0.2, 0.25) is 0 Å². The van der Waals surface area contributed by atoms with Crippen molar-refractivity contribution >= 4 is 5.91 Å². The predicted molar refractivity (Wildman–Crippen MR) is 118 cm³/mol. The first-order valence-electron chi connectivity index (χ1n) is 10.7. The molecule has 1 aromatic heterocycles. The number of amides is 1. The molecule has 2 aromatic carbocycles. The van der Waals surface area contributed by atoms with Gasteiger partial charge in [0.05, 0.1) is 6.04 Å². The van der Waals surface area contributed by atoms with Crippen LogP contribution in [0.3, 0.4) is 0 Å². The van der Waals surface area contributed by atoms with Crippen molar-refractivity contribution in [3.8, 4) is 5.88 Å². The number of carbonyl (C=O) groups is 1. The lowest BCUT2D eigenvalue weighted by Crippen LogP contribution is -2.50. The van der Waals surface area contributed by atoms with Gasteiger partial charge in [-0.05, 0) is 23.3 Å². The highest BCUT2D eigenvalue weighted by Crippen LogP contribution is 2.30. The van der Waals surface area contributed by atoms with Gasteiger partial charge in [0.25, 0.3) is 5.91 Å². The van der Waals surface area contributed by atoms with Crippen molar-refractivity contribution < 1.29 is 22.7 Å². The summed E-state index contributed by atoms with van der Waals surface area (Å²) in [5.74, 6) is -0.676. The molecule has 0 bridgehead atoms. The quantitative estimate of drug-likeness (QED) is 0.546. The van der Waals surface area contributed by atoms with E-state index in [1.54, 1.807) is 4.90 Å². The summed E-state index contributed by atoms with van der Waals surface area (Å²) >= 11 is 0. The SMILES string of the molecule is O=C(c1cccnc1OCC(F)(F)F)N1CCN(C(c2ccccc2)c2ccccc2)CC1. The molecule has 33 heavy (non-hydrogen) atoms. The first kappa shape index (κ1) is 22.8. The minimum atomic E-state index is -4.51. The summed E-state index contributed by atoms with van der Waals surface area (Å²) < 4.78 is 42.5. The molecule has 0 N–H and O–H groups in total. The third-order valence-corrected chi connectivity index (χ3v) is 5.57. The fraction of sp³-hybridized carbons (Fsp3) is 0.280. The van der Waals surface area contributed by atoms with Gasteiger partial charge in [-0.2, -0.15) is 13.2 Å². The third-order valence-electron chi connectivity index (χ3n) is 5.57. The van der Waals surface area contributed by atoms with Gasteiger partial charge in [0.2, 0.25) is 5.88 Å². The lowest BCUT2D eigenvalue weighted by atomic mass is 9.96. The fourth-order valence-corrected chi connectivity index (χ4v) is 4.06. The Morgan fingerprint density at radius 3 is 2.00 bits per heavy atom. The van der Waals surface area contributed by atoms with Crippen LogP contribution < -0.4 is 4.74 Å². The monoisotopic (exact) mass is 455 g/mol. The molecule has 8 heteroatoms. The number of nitrogens with zero attached hydrogens (tertiary/aromatic N) is 3. The first-order valence-corrected chi connectivity index (χ1v) is 10.7. The molecule has 4 rings (SSSR count). The van der Waals surface area contributed by atoms with Crippen molar-refractivity contribution in [2.24, 2.45) is 0 Å². The van der Waals surface area contributed by atoms with Crippen molar-refractivity contribution in [1.29, 1.82) is 0 Å². The van der Waals surface area contributed by atoms with Crippen LogP contribution in [0.5, 0.6) is 5.88 Å². The van der Waals surface area contributed by atoms with E-state index in [1.807, 2.05) is 36.4 Å². The molecule has 1 amide bonds. The van der Waals surface area contributed by atoms with E-state index in [9.17, 15) is 18.0 Å². The van der Waals surface area contributed by atoms with E-state index in [1.165, 1.54) is 29.5 Å². The van der Waals surface area contributed by atoms with Crippen molar-refractivity contribution in [1.82, 2.24) is 14.8 Å². The lowest BCUT2D eigenvalue weighted by Gasteiger charge is -2.39. The molecule has 2 heterocycles. The molecule has 3 aromatic rings. The summed E-state index contributed by atoms with van der Waals surface area (Å²) in [7, 11) is 0. The summed E-state index contributed by atoms with van der Waals surface area (Å²) in [4.78, 5) is 20.9. The second-order valence-electron chi connectivity index (χ2n) is 7.81. The van der Waals surface area contributed by atoms with Gasteiger partial charge in [-0.25, -0.2) is 4.98 Å². The average molecular weight is 455 g/mol. The van der Waals surface area contributed by atoms with Gasteiger partial charge >= 0.3 is 6.18 Å². The molecule has 0 radical (unpaired) electrons. The number of halogens is 3. The number of carbonyl (C=O) groups excluding carboxylic acids is 1. The van der Waals surface area contributed by atoms with E-state index in [4.69, 9.17) is 4.74 Å². The molecule has 0 saturated carbocycles. The minimum absolute atomic E-state index is 0.0397. The number of piperazine rings is 1. The van der Waals surface area contributed by atoms with Crippen molar-refractivity contribution in [2.75, 3.05) is 32.8 Å². The van der Waals surface area contributed by atoms with Crippen LogP contribution in [-0.4, -0.2) is 59.7 Å². The highest BCUT2D eigenvalue weighted by Gasteiger charge is 2.32. The number of pyridine rings is 1. The molecule has 1 aliphatic rings. The maximum atomic E-state index is 13.1. The largest absolute Gasteiger partial charge is 0.467 e. The smallest absolute Gasteiger partial charge is 0.422 e. The fourth-order valence-electron chi connectivity index (χ4n) is 4.06. The van der Waals surface area contributed by atoms with Gasteiger partial charge < -0.3 is 9.64 Å². The van der Waals surface area contributed by atoms with E-state index < -0.39 is 12.8 Å². The van der Waals surface area contributed by atoms with Crippen LogP contribution in [0.15, 0.2) is 79.0 Å². The van der Waals surface area contributed by atoms with Crippen molar-refractivity contribution in [3.05, 3.63) is 95.7 Å². The van der Waals surface area contributed by atoms with Gasteiger partial charge in [0.15, 0.2) is 6.61 Å². The molecule has 0 unspecified atom stereocenters. The number of hydrogen-bond acceptors (Lipinski definition) is 4. The van der Waals surface area contributed by atoms with Gasteiger partial charge in [-0.3, -0.25) is 9.69 Å². The normalized spacial score (nSPS) is 15.0. The number of benzene rings is 2. The van der Waals surface area contributed by atoms with Gasteiger partial charge in [-0.1, -0.05) is 60.7 Å². The number of hydrogen-bond donors (Lipinski definition) is 0. The summed E-state index contributed by atoms with van der Waals surface area (Å²) in [6.07, 6.45) is -3.20. The summed E-state index contributed by atoms with van der Waals surface area (Å²) in [6, 6.07) is 23.4. The maximum Gasteiger partial charge on any atom is 0.422 e. The van der Waals surface area contributed by atoms with E-state index in [0.29, 0.717) is 26.2 Å². The zero-order valence-corrected chi connectivity index (χ0v) is 17.9. The molecule has 1 fully saturated rings. The zero-order chi connectivity index (χ0) is 23.3. The molecule has 172 valence electrons. The Morgan fingerprint density at radius 2 is 1.45 bits per heavy atom. The van der Waals surface area contributed by atoms with E-state index in [-0.39, 0.29) is 23.4 Å². The molecule has 1 saturated heterocycles. The van der Waals surface area contributed by atoms with Crippen LogP contribution in [0.1, 0.15) is 27.5 Å². The highest BCUT2D eigenvalue weighted by molar-refractivity contribution is 5.96. The molecule has 0 spiro atoms.